The van der Waals surface area contributed by atoms with E-state index >= 15 is 0 Å². The molecule has 2 aromatic carbocycles. The van der Waals surface area contributed by atoms with Crippen molar-refractivity contribution in [2.45, 2.75) is 19.5 Å². The summed E-state index contributed by atoms with van der Waals surface area (Å²) in [5, 5.41) is 3.54. The Bertz CT molecular complexity index is 742. The van der Waals surface area contributed by atoms with E-state index in [0.717, 1.165) is 23.5 Å². The average molecular weight is 344 g/mol. The summed E-state index contributed by atoms with van der Waals surface area (Å²) in [6.45, 7) is 2.94. The fourth-order valence-corrected chi connectivity index (χ4v) is 2.58. The van der Waals surface area contributed by atoms with E-state index in [1.165, 1.54) is 5.56 Å². The quantitative estimate of drug-likeness (QED) is 0.730. The third-order valence-electron chi connectivity index (χ3n) is 3.99. The highest BCUT2D eigenvalue weighted by Crippen LogP contribution is 2.20. The van der Waals surface area contributed by atoms with Gasteiger partial charge in [0.05, 0.1) is 13.4 Å². The SMILES string of the molecule is COc1ccccc1CNC(C)c1ccc(-n2ccnc2)cc1.Cl. The molecule has 0 saturated carbocycles. The van der Waals surface area contributed by atoms with Gasteiger partial charge in [0.15, 0.2) is 0 Å². The molecule has 0 aliphatic heterocycles. The zero-order valence-electron chi connectivity index (χ0n) is 13.8. The van der Waals surface area contributed by atoms with E-state index in [-0.39, 0.29) is 18.4 Å². The number of nitrogens with zero attached hydrogens (tertiary/aromatic N) is 2. The van der Waals surface area contributed by atoms with Crippen LogP contribution in [0.1, 0.15) is 24.1 Å². The molecule has 24 heavy (non-hydrogen) atoms. The maximum atomic E-state index is 5.39. The van der Waals surface area contributed by atoms with E-state index < -0.39 is 0 Å². The lowest BCUT2D eigenvalue weighted by molar-refractivity contribution is 0.406. The Labute approximate surface area is 148 Å². The van der Waals surface area contributed by atoms with Crippen molar-refractivity contribution in [1.29, 1.82) is 0 Å². The molecule has 126 valence electrons. The second-order valence-electron chi connectivity index (χ2n) is 5.48. The van der Waals surface area contributed by atoms with E-state index in [9.17, 15) is 0 Å². The molecule has 0 amide bonds. The van der Waals surface area contributed by atoms with Crippen molar-refractivity contribution in [3.63, 3.8) is 0 Å². The van der Waals surface area contributed by atoms with Crippen LogP contribution in [0.4, 0.5) is 0 Å². The highest BCUT2D eigenvalue weighted by Gasteiger charge is 2.07. The van der Waals surface area contributed by atoms with Crippen LogP contribution in [0.3, 0.4) is 0 Å². The Balaban J connectivity index is 0.00000208. The standard InChI is InChI=1S/C19H21N3O.ClH/c1-15(21-13-17-5-3-4-6-19(17)23-2)16-7-9-18(10-8-16)22-12-11-20-14-22;/h3-12,14-15,21H,13H2,1-2H3;1H. The largest absolute Gasteiger partial charge is 0.496 e. The maximum Gasteiger partial charge on any atom is 0.123 e. The maximum absolute atomic E-state index is 5.39. The number of imidazole rings is 1. The van der Waals surface area contributed by atoms with Crippen LogP contribution in [0.25, 0.3) is 5.69 Å². The van der Waals surface area contributed by atoms with Gasteiger partial charge in [-0.3, -0.25) is 0 Å². The van der Waals surface area contributed by atoms with Gasteiger partial charge in [-0.2, -0.15) is 0 Å². The van der Waals surface area contributed by atoms with E-state index in [2.05, 4.69) is 47.6 Å². The van der Waals surface area contributed by atoms with Gasteiger partial charge in [-0.15, -0.1) is 12.4 Å². The molecule has 1 aromatic heterocycles. The molecule has 0 aliphatic carbocycles. The summed E-state index contributed by atoms with van der Waals surface area (Å²) >= 11 is 0. The van der Waals surface area contributed by atoms with Crippen LogP contribution in [-0.4, -0.2) is 16.7 Å². The number of halogens is 1. The molecule has 1 heterocycles. The Morgan fingerprint density at radius 3 is 2.54 bits per heavy atom. The second-order valence-corrected chi connectivity index (χ2v) is 5.48. The monoisotopic (exact) mass is 343 g/mol. The Morgan fingerprint density at radius 2 is 1.88 bits per heavy atom. The van der Waals surface area contributed by atoms with Crippen LogP contribution < -0.4 is 10.1 Å². The topological polar surface area (TPSA) is 39.1 Å². The van der Waals surface area contributed by atoms with Crippen molar-refractivity contribution in [2.24, 2.45) is 0 Å². The summed E-state index contributed by atoms with van der Waals surface area (Å²) in [4.78, 5) is 4.07. The summed E-state index contributed by atoms with van der Waals surface area (Å²) in [5.41, 5.74) is 3.53. The lowest BCUT2D eigenvalue weighted by Gasteiger charge is -2.16. The third kappa shape index (κ3) is 4.16. The van der Waals surface area contributed by atoms with Crippen LogP contribution in [0.5, 0.6) is 5.75 Å². The van der Waals surface area contributed by atoms with Crippen LogP contribution >= 0.6 is 12.4 Å². The van der Waals surface area contributed by atoms with Gasteiger partial charge < -0.3 is 14.6 Å². The fourth-order valence-electron chi connectivity index (χ4n) is 2.58. The van der Waals surface area contributed by atoms with Crippen LogP contribution in [0.2, 0.25) is 0 Å². The number of hydrogen-bond acceptors (Lipinski definition) is 3. The first kappa shape index (κ1) is 18.0. The van der Waals surface area contributed by atoms with Crippen molar-refractivity contribution in [3.8, 4) is 11.4 Å². The van der Waals surface area contributed by atoms with E-state index in [0.29, 0.717) is 0 Å². The first-order chi connectivity index (χ1) is 11.3. The number of methoxy groups -OCH3 is 1. The molecule has 0 saturated heterocycles. The van der Waals surface area contributed by atoms with Gasteiger partial charge in [0, 0.05) is 36.2 Å². The fraction of sp³-hybridized carbons (Fsp3) is 0.211. The van der Waals surface area contributed by atoms with Crippen molar-refractivity contribution in [2.75, 3.05) is 7.11 Å². The van der Waals surface area contributed by atoms with Crippen LogP contribution in [0.15, 0.2) is 67.3 Å². The molecule has 0 radical (unpaired) electrons. The third-order valence-corrected chi connectivity index (χ3v) is 3.99. The normalized spacial score (nSPS) is 11.6. The number of ether oxygens (including phenoxy) is 1. The Kier molecular flexibility index (Phi) is 6.41. The van der Waals surface area contributed by atoms with Crippen molar-refractivity contribution in [1.82, 2.24) is 14.9 Å². The lowest BCUT2D eigenvalue weighted by Crippen LogP contribution is -2.18. The predicted octanol–water partition coefficient (Wildman–Crippen LogP) is 4.15. The van der Waals surface area contributed by atoms with E-state index in [4.69, 9.17) is 4.74 Å². The number of hydrogen-bond donors (Lipinski definition) is 1. The molecule has 4 nitrogen and oxygen atoms in total. The minimum atomic E-state index is 0. The predicted molar refractivity (Wildman–Crippen MR) is 99.1 cm³/mol. The van der Waals surface area contributed by atoms with Crippen LogP contribution in [0, 0.1) is 0 Å². The smallest absolute Gasteiger partial charge is 0.123 e. The lowest BCUT2D eigenvalue weighted by atomic mass is 10.1. The minimum absolute atomic E-state index is 0. The summed E-state index contributed by atoms with van der Waals surface area (Å²) in [7, 11) is 1.71. The van der Waals surface area contributed by atoms with Gasteiger partial charge >= 0.3 is 0 Å². The number of nitrogens with one attached hydrogen (secondary N) is 1. The molecule has 1 atom stereocenters. The van der Waals surface area contributed by atoms with E-state index in [1.54, 1.807) is 19.6 Å². The second kappa shape index (κ2) is 8.52. The summed E-state index contributed by atoms with van der Waals surface area (Å²) < 4.78 is 7.39. The first-order valence-corrected chi connectivity index (χ1v) is 7.71. The Hall–Kier alpha value is -2.30. The van der Waals surface area contributed by atoms with Gasteiger partial charge in [-0.25, -0.2) is 4.98 Å². The van der Waals surface area contributed by atoms with Gasteiger partial charge in [0.1, 0.15) is 5.75 Å². The molecule has 5 heteroatoms. The highest BCUT2D eigenvalue weighted by atomic mass is 35.5. The first-order valence-electron chi connectivity index (χ1n) is 7.71. The van der Waals surface area contributed by atoms with Crippen molar-refractivity contribution >= 4 is 12.4 Å². The number of rotatable bonds is 6. The van der Waals surface area contributed by atoms with Crippen molar-refractivity contribution < 1.29 is 4.74 Å². The number of benzene rings is 2. The van der Waals surface area contributed by atoms with Gasteiger partial charge in [0.25, 0.3) is 0 Å². The van der Waals surface area contributed by atoms with Crippen molar-refractivity contribution in [3.05, 3.63) is 78.4 Å². The zero-order chi connectivity index (χ0) is 16.1. The summed E-state index contributed by atoms with van der Waals surface area (Å²) in [6.07, 6.45) is 5.53. The van der Waals surface area contributed by atoms with E-state index in [1.807, 2.05) is 29.0 Å². The molecule has 0 fully saturated rings. The molecule has 0 bridgehead atoms. The minimum Gasteiger partial charge on any atom is -0.496 e. The summed E-state index contributed by atoms with van der Waals surface area (Å²) in [6, 6.07) is 16.9. The van der Waals surface area contributed by atoms with Gasteiger partial charge in [0.2, 0.25) is 0 Å². The molecular weight excluding hydrogens is 322 g/mol. The van der Waals surface area contributed by atoms with Gasteiger partial charge in [-0.05, 0) is 30.7 Å². The highest BCUT2D eigenvalue weighted by molar-refractivity contribution is 5.85. The molecule has 0 spiro atoms. The molecule has 3 aromatic rings. The number of aromatic nitrogens is 2. The molecular formula is C19H22ClN3O. The van der Waals surface area contributed by atoms with Crippen LogP contribution in [-0.2, 0) is 6.54 Å². The molecule has 1 N–H and O–H groups in total. The molecule has 0 aliphatic rings. The average Bonchev–Trinajstić information content (AvgIpc) is 3.14. The number of para-hydroxylation sites is 1. The molecule has 3 rings (SSSR count). The Morgan fingerprint density at radius 1 is 1.12 bits per heavy atom. The zero-order valence-corrected chi connectivity index (χ0v) is 14.7. The van der Waals surface area contributed by atoms with Gasteiger partial charge in [-0.1, -0.05) is 30.3 Å². The molecule has 1 unspecified atom stereocenters. The summed E-state index contributed by atoms with van der Waals surface area (Å²) in [5.74, 6) is 0.919.